The first-order valence-electron chi connectivity index (χ1n) is 4.75. The van der Waals surface area contributed by atoms with Crippen LogP contribution in [0.15, 0.2) is 30.5 Å². The van der Waals surface area contributed by atoms with E-state index in [1.807, 2.05) is 19.3 Å². The van der Waals surface area contributed by atoms with Crippen molar-refractivity contribution in [3.63, 3.8) is 0 Å². The number of nitrogens with zero attached hydrogens (tertiary/aromatic N) is 3. The van der Waals surface area contributed by atoms with Crippen LogP contribution in [0.25, 0.3) is 0 Å². The van der Waals surface area contributed by atoms with E-state index in [2.05, 4.69) is 16.5 Å². The lowest BCUT2D eigenvalue weighted by molar-refractivity contribution is 0.771. The third-order valence-electron chi connectivity index (χ3n) is 2.14. The van der Waals surface area contributed by atoms with E-state index in [1.165, 1.54) is 0 Å². The van der Waals surface area contributed by atoms with Gasteiger partial charge in [0.2, 0.25) is 0 Å². The van der Waals surface area contributed by atoms with Crippen molar-refractivity contribution in [2.75, 3.05) is 11.1 Å². The van der Waals surface area contributed by atoms with Crippen molar-refractivity contribution in [2.24, 2.45) is 7.05 Å². The smallest absolute Gasteiger partial charge is 0.152 e. The first-order valence-corrected chi connectivity index (χ1v) is 4.75. The van der Waals surface area contributed by atoms with E-state index in [-0.39, 0.29) is 0 Å². The lowest BCUT2D eigenvalue weighted by atomic mass is 10.2. The van der Waals surface area contributed by atoms with Gasteiger partial charge in [0.15, 0.2) is 5.82 Å². The van der Waals surface area contributed by atoms with Crippen LogP contribution in [0.4, 0.5) is 17.2 Å². The predicted octanol–water partition coefficient (Wildman–Crippen LogP) is 1.62. The summed E-state index contributed by atoms with van der Waals surface area (Å²) in [5, 5.41) is 16.2. The Kier molecular flexibility index (Phi) is 2.48. The summed E-state index contributed by atoms with van der Waals surface area (Å²) in [6.07, 6.45) is 1.83. The molecule has 0 saturated carbocycles. The van der Waals surface area contributed by atoms with E-state index < -0.39 is 0 Å². The molecular weight excluding hydrogens is 202 g/mol. The molecule has 0 bridgehead atoms. The molecule has 1 aromatic carbocycles. The van der Waals surface area contributed by atoms with Gasteiger partial charge in [0.25, 0.3) is 0 Å². The summed E-state index contributed by atoms with van der Waals surface area (Å²) in [5.41, 5.74) is 7.38. The number of anilines is 3. The van der Waals surface area contributed by atoms with Crippen LogP contribution >= 0.6 is 0 Å². The van der Waals surface area contributed by atoms with Crippen LogP contribution in [0.1, 0.15) is 5.56 Å². The SMILES string of the molecule is Cn1ccc(Nc2ccc(N)cc2C#N)n1. The van der Waals surface area contributed by atoms with E-state index in [1.54, 1.807) is 22.9 Å². The second kappa shape index (κ2) is 3.95. The standard InChI is InChI=1S/C11H11N5/c1-16-5-4-11(15-16)14-10-3-2-9(13)6-8(10)7-12/h2-6H,13H2,1H3,(H,14,15). The van der Waals surface area contributed by atoms with Crippen molar-refractivity contribution < 1.29 is 0 Å². The highest BCUT2D eigenvalue weighted by Gasteiger charge is 2.04. The highest BCUT2D eigenvalue weighted by molar-refractivity contribution is 5.67. The third-order valence-corrected chi connectivity index (χ3v) is 2.14. The molecule has 0 aliphatic heterocycles. The number of nitriles is 1. The van der Waals surface area contributed by atoms with Crippen LogP contribution < -0.4 is 11.1 Å². The summed E-state index contributed by atoms with van der Waals surface area (Å²) < 4.78 is 1.69. The second-order valence-electron chi connectivity index (χ2n) is 3.42. The second-order valence-corrected chi connectivity index (χ2v) is 3.42. The molecule has 0 saturated heterocycles. The number of nitrogen functional groups attached to an aromatic ring is 1. The van der Waals surface area contributed by atoms with Gasteiger partial charge in [0.05, 0.1) is 11.3 Å². The largest absolute Gasteiger partial charge is 0.399 e. The van der Waals surface area contributed by atoms with Crippen LogP contribution in [-0.4, -0.2) is 9.78 Å². The molecule has 0 aliphatic rings. The van der Waals surface area contributed by atoms with Crippen molar-refractivity contribution in [3.8, 4) is 6.07 Å². The van der Waals surface area contributed by atoms with E-state index in [0.717, 1.165) is 0 Å². The molecule has 3 N–H and O–H groups in total. The minimum Gasteiger partial charge on any atom is -0.399 e. The van der Waals surface area contributed by atoms with Crippen LogP contribution in [0, 0.1) is 11.3 Å². The Hall–Kier alpha value is -2.48. The van der Waals surface area contributed by atoms with Crippen molar-refractivity contribution in [3.05, 3.63) is 36.0 Å². The van der Waals surface area contributed by atoms with Crippen LogP contribution in [0.2, 0.25) is 0 Å². The normalized spacial score (nSPS) is 9.75. The zero-order valence-corrected chi connectivity index (χ0v) is 8.81. The van der Waals surface area contributed by atoms with E-state index >= 15 is 0 Å². The molecule has 0 amide bonds. The van der Waals surface area contributed by atoms with Gasteiger partial charge in [-0.2, -0.15) is 10.4 Å². The van der Waals surface area contributed by atoms with E-state index in [4.69, 9.17) is 11.0 Å². The summed E-state index contributed by atoms with van der Waals surface area (Å²) in [7, 11) is 1.83. The van der Waals surface area contributed by atoms with Gasteiger partial charge in [-0.05, 0) is 18.2 Å². The molecule has 0 spiro atoms. The van der Waals surface area contributed by atoms with Crippen LogP contribution in [0.3, 0.4) is 0 Å². The molecule has 0 radical (unpaired) electrons. The zero-order valence-electron chi connectivity index (χ0n) is 8.81. The summed E-state index contributed by atoms with van der Waals surface area (Å²) in [6.45, 7) is 0. The number of benzene rings is 1. The number of aromatic nitrogens is 2. The highest BCUT2D eigenvalue weighted by atomic mass is 15.3. The van der Waals surface area contributed by atoms with Crippen molar-refractivity contribution in [1.82, 2.24) is 9.78 Å². The maximum Gasteiger partial charge on any atom is 0.152 e. The first-order chi connectivity index (χ1) is 7.69. The van der Waals surface area contributed by atoms with Gasteiger partial charge in [-0.25, -0.2) is 0 Å². The molecule has 16 heavy (non-hydrogen) atoms. The fourth-order valence-electron chi connectivity index (χ4n) is 1.38. The fraction of sp³-hybridized carbons (Fsp3) is 0.0909. The van der Waals surface area contributed by atoms with Crippen LogP contribution in [-0.2, 0) is 7.05 Å². The van der Waals surface area contributed by atoms with E-state index in [0.29, 0.717) is 22.8 Å². The first kappa shape index (κ1) is 10.1. The van der Waals surface area contributed by atoms with Crippen LogP contribution in [0.5, 0.6) is 0 Å². The molecule has 0 atom stereocenters. The lowest BCUT2D eigenvalue weighted by Gasteiger charge is -2.05. The lowest BCUT2D eigenvalue weighted by Crippen LogP contribution is -1.97. The average molecular weight is 213 g/mol. The highest BCUT2D eigenvalue weighted by Crippen LogP contribution is 2.21. The minimum atomic E-state index is 0.505. The number of nitrogens with one attached hydrogen (secondary N) is 1. The van der Waals surface area contributed by atoms with Gasteiger partial charge in [-0.3, -0.25) is 4.68 Å². The Balaban J connectivity index is 2.31. The Labute approximate surface area is 93.1 Å². The van der Waals surface area contributed by atoms with Gasteiger partial charge in [-0.15, -0.1) is 0 Å². The van der Waals surface area contributed by atoms with Gasteiger partial charge in [0, 0.05) is 25.0 Å². The monoisotopic (exact) mass is 213 g/mol. The average Bonchev–Trinajstić information content (AvgIpc) is 2.67. The van der Waals surface area contributed by atoms with Crippen molar-refractivity contribution in [2.45, 2.75) is 0 Å². The van der Waals surface area contributed by atoms with Crippen molar-refractivity contribution >= 4 is 17.2 Å². The molecule has 0 fully saturated rings. The van der Waals surface area contributed by atoms with Crippen molar-refractivity contribution in [1.29, 1.82) is 5.26 Å². The molecule has 2 aromatic rings. The Morgan fingerprint density at radius 1 is 1.44 bits per heavy atom. The number of aryl methyl sites for hydroxylation is 1. The maximum absolute atomic E-state index is 8.95. The molecule has 5 nitrogen and oxygen atoms in total. The van der Waals surface area contributed by atoms with Gasteiger partial charge in [-0.1, -0.05) is 0 Å². The number of hydrogen-bond donors (Lipinski definition) is 2. The fourth-order valence-corrected chi connectivity index (χ4v) is 1.38. The van der Waals surface area contributed by atoms with E-state index in [9.17, 15) is 0 Å². The minimum absolute atomic E-state index is 0.505. The van der Waals surface area contributed by atoms with Gasteiger partial charge >= 0.3 is 0 Å². The van der Waals surface area contributed by atoms with Gasteiger partial charge in [0.1, 0.15) is 6.07 Å². The molecule has 0 aliphatic carbocycles. The number of hydrogen-bond acceptors (Lipinski definition) is 4. The molecule has 5 heteroatoms. The Morgan fingerprint density at radius 3 is 2.88 bits per heavy atom. The predicted molar refractivity (Wildman–Crippen MR) is 62.1 cm³/mol. The molecule has 80 valence electrons. The summed E-state index contributed by atoms with van der Waals surface area (Å²) >= 11 is 0. The van der Waals surface area contributed by atoms with Gasteiger partial charge < -0.3 is 11.1 Å². The summed E-state index contributed by atoms with van der Waals surface area (Å²) in [5.74, 6) is 0.698. The zero-order chi connectivity index (χ0) is 11.5. The molecule has 1 heterocycles. The molecule has 0 unspecified atom stereocenters. The Bertz CT molecular complexity index is 550. The maximum atomic E-state index is 8.95. The molecular formula is C11H11N5. The Morgan fingerprint density at radius 2 is 2.25 bits per heavy atom. The quantitative estimate of drug-likeness (QED) is 0.743. The third kappa shape index (κ3) is 1.96. The summed E-state index contributed by atoms with van der Waals surface area (Å²) in [6, 6.07) is 9.06. The summed E-state index contributed by atoms with van der Waals surface area (Å²) in [4.78, 5) is 0. The number of rotatable bonds is 2. The molecule has 2 rings (SSSR count). The number of nitrogens with two attached hydrogens (primary N) is 1. The molecule has 1 aromatic heterocycles. The topological polar surface area (TPSA) is 79.7 Å².